The van der Waals surface area contributed by atoms with Crippen LogP contribution < -0.4 is 9.47 Å². The fourth-order valence-electron chi connectivity index (χ4n) is 2.93. The predicted molar refractivity (Wildman–Crippen MR) is 98.1 cm³/mol. The molecular formula is C20H22N2O3. The van der Waals surface area contributed by atoms with Gasteiger partial charge in [0.05, 0.1) is 37.4 Å². The molecular weight excluding hydrogens is 316 g/mol. The average molecular weight is 338 g/mol. The molecule has 0 spiro atoms. The van der Waals surface area contributed by atoms with E-state index in [0.717, 1.165) is 44.8 Å². The third-order valence-electron chi connectivity index (χ3n) is 4.13. The highest BCUT2D eigenvalue weighted by atomic mass is 16.5. The molecule has 2 aromatic carbocycles. The van der Waals surface area contributed by atoms with Crippen molar-refractivity contribution < 1.29 is 14.2 Å². The van der Waals surface area contributed by atoms with E-state index < -0.39 is 0 Å². The first kappa shape index (κ1) is 17.2. The van der Waals surface area contributed by atoms with E-state index >= 15 is 0 Å². The van der Waals surface area contributed by atoms with Gasteiger partial charge in [0, 0.05) is 24.6 Å². The standard InChI is InChI=1S/C20H22N2O3/c1-5-25-12-14-10-16(23-3)18(17(11-14)24-4)15-7-6-13(2)19-20(15)22-9-8-21-19/h6-11H,5,12H2,1-4H3. The van der Waals surface area contributed by atoms with E-state index in [9.17, 15) is 0 Å². The summed E-state index contributed by atoms with van der Waals surface area (Å²) in [6.45, 7) is 5.17. The lowest BCUT2D eigenvalue weighted by molar-refractivity contribution is 0.133. The molecule has 0 fully saturated rings. The highest BCUT2D eigenvalue weighted by Crippen LogP contribution is 2.42. The molecule has 0 radical (unpaired) electrons. The van der Waals surface area contributed by atoms with Gasteiger partial charge >= 0.3 is 0 Å². The summed E-state index contributed by atoms with van der Waals surface area (Å²) < 4.78 is 16.8. The molecule has 5 nitrogen and oxygen atoms in total. The number of hydrogen-bond acceptors (Lipinski definition) is 5. The van der Waals surface area contributed by atoms with Crippen molar-refractivity contribution in [3.63, 3.8) is 0 Å². The summed E-state index contributed by atoms with van der Waals surface area (Å²) in [6.07, 6.45) is 3.41. The van der Waals surface area contributed by atoms with Crippen LogP contribution in [0, 0.1) is 6.92 Å². The number of fused-ring (bicyclic) bond motifs is 1. The summed E-state index contributed by atoms with van der Waals surface area (Å²) in [6, 6.07) is 8.04. The molecule has 5 heteroatoms. The molecule has 0 amide bonds. The van der Waals surface area contributed by atoms with Crippen LogP contribution in [0.5, 0.6) is 11.5 Å². The fourth-order valence-corrected chi connectivity index (χ4v) is 2.93. The minimum Gasteiger partial charge on any atom is -0.496 e. The number of aromatic nitrogens is 2. The molecule has 0 aliphatic rings. The van der Waals surface area contributed by atoms with Crippen LogP contribution >= 0.6 is 0 Å². The number of methoxy groups -OCH3 is 2. The van der Waals surface area contributed by atoms with E-state index in [0.29, 0.717) is 13.2 Å². The van der Waals surface area contributed by atoms with Crippen LogP contribution in [0.2, 0.25) is 0 Å². The van der Waals surface area contributed by atoms with Gasteiger partial charge in [0.25, 0.3) is 0 Å². The topological polar surface area (TPSA) is 53.5 Å². The maximum absolute atomic E-state index is 5.66. The van der Waals surface area contributed by atoms with Crippen LogP contribution in [-0.2, 0) is 11.3 Å². The Morgan fingerprint density at radius 2 is 1.56 bits per heavy atom. The molecule has 0 N–H and O–H groups in total. The monoisotopic (exact) mass is 338 g/mol. The SMILES string of the molecule is CCOCc1cc(OC)c(-c2ccc(C)c3nccnc23)c(OC)c1. The Morgan fingerprint density at radius 3 is 2.16 bits per heavy atom. The van der Waals surface area contributed by atoms with Crippen molar-refractivity contribution in [3.8, 4) is 22.6 Å². The van der Waals surface area contributed by atoms with Crippen LogP contribution in [0.3, 0.4) is 0 Å². The van der Waals surface area contributed by atoms with Gasteiger partial charge in [-0.25, -0.2) is 0 Å². The first-order valence-electron chi connectivity index (χ1n) is 8.23. The second-order valence-corrected chi connectivity index (χ2v) is 5.70. The Kier molecular flexibility index (Phi) is 5.14. The largest absolute Gasteiger partial charge is 0.496 e. The Morgan fingerprint density at radius 1 is 0.920 bits per heavy atom. The lowest BCUT2D eigenvalue weighted by Crippen LogP contribution is -1.99. The van der Waals surface area contributed by atoms with E-state index in [1.807, 2.05) is 38.1 Å². The van der Waals surface area contributed by atoms with E-state index in [-0.39, 0.29) is 0 Å². The third kappa shape index (κ3) is 3.28. The quantitative estimate of drug-likeness (QED) is 0.675. The number of hydrogen-bond donors (Lipinski definition) is 0. The molecule has 1 aromatic heterocycles. The van der Waals surface area contributed by atoms with Gasteiger partial charge in [-0.05, 0) is 37.1 Å². The van der Waals surface area contributed by atoms with Crippen molar-refractivity contribution in [3.05, 3.63) is 47.8 Å². The van der Waals surface area contributed by atoms with Gasteiger partial charge in [-0.1, -0.05) is 12.1 Å². The van der Waals surface area contributed by atoms with Gasteiger partial charge in [-0.2, -0.15) is 0 Å². The average Bonchev–Trinajstić information content (AvgIpc) is 2.66. The van der Waals surface area contributed by atoms with Crippen molar-refractivity contribution in [2.45, 2.75) is 20.5 Å². The van der Waals surface area contributed by atoms with Crippen LogP contribution in [0.15, 0.2) is 36.7 Å². The van der Waals surface area contributed by atoms with Crippen LogP contribution in [0.1, 0.15) is 18.1 Å². The number of benzene rings is 2. The molecule has 25 heavy (non-hydrogen) atoms. The van der Waals surface area contributed by atoms with Crippen LogP contribution in [0.4, 0.5) is 0 Å². The lowest BCUT2D eigenvalue weighted by atomic mass is 9.98. The summed E-state index contributed by atoms with van der Waals surface area (Å²) in [5.74, 6) is 1.45. The van der Waals surface area contributed by atoms with Gasteiger partial charge in [-0.15, -0.1) is 0 Å². The molecule has 3 rings (SSSR count). The first-order chi connectivity index (χ1) is 12.2. The van der Waals surface area contributed by atoms with Gasteiger partial charge in [0.2, 0.25) is 0 Å². The van der Waals surface area contributed by atoms with Gasteiger partial charge in [0.15, 0.2) is 0 Å². The van der Waals surface area contributed by atoms with Gasteiger partial charge in [-0.3, -0.25) is 9.97 Å². The Labute approximate surface area is 147 Å². The number of rotatable bonds is 6. The molecule has 0 aliphatic heterocycles. The molecule has 0 saturated heterocycles. The minimum atomic E-state index is 0.512. The summed E-state index contributed by atoms with van der Waals surface area (Å²) in [4.78, 5) is 9.01. The van der Waals surface area contributed by atoms with E-state index in [4.69, 9.17) is 14.2 Å². The predicted octanol–water partition coefficient (Wildman–Crippen LogP) is 4.16. The van der Waals surface area contributed by atoms with E-state index in [1.54, 1.807) is 26.6 Å². The van der Waals surface area contributed by atoms with Crippen molar-refractivity contribution in [2.75, 3.05) is 20.8 Å². The van der Waals surface area contributed by atoms with Gasteiger partial charge < -0.3 is 14.2 Å². The zero-order chi connectivity index (χ0) is 17.8. The summed E-state index contributed by atoms with van der Waals surface area (Å²) >= 11 is 0. The normalized spacial score (nSPS) is 10.9. The molecule has 0 bridgehead atoms. The Hall–Kier alpha value is -2.66. The molecule has 0 atom stereocenters. The van der Waals surface area contributed by atoms with E-state index in [2.05, 4.69) is 9.97 Å². The highest BCUT2D eigenvalue weighted by molar-refractivity contribution is 5.96. The minimum absolute atomic E-state index is 0.512. The van der Waals surface area contributed by atoms with E-state index in [1.165, 1.54) is 0 Å². The third-order valence-corrected chi connectivity index (χ3v) is 4.13. The zero-order valence-corrected chi connectivity index (χ0v) is 15.0. The molecule has 0 saturated carbocycles. The summed E-state index contributed by atoms with van der Waals surface area (Å²) in [5, 5.41) is 0. The molecule has 0 unspecified atom stereocenters. The number of aryl methyl sites for hydroxylation is 1. The summed E-state index contributed by atoms with van der Waals surface area (Å²) in [5.41, 5.74) is 5.60. The maximum atomic E-state index is 5.66. The number of nitrogens with zero attached hydrogens (tertiary/aromatic N) is 2. The molecule has 3 aromatic rings. The van der Waals surface area contributed by atoms with Crippen molar-refractivity contribution in [2.24, 2.45) is 0 Å². The second kappa shape index (κ2) is 7.49. The van der Waals surface area contributed by atoms with Gasteiger partial charge in [0.1, 0.15) is 11.5 Å². The fraction of sp³-hybridized carbons (Fsp3) is 0.300. The second-order valence-electron chi connectivity index (χ2n) is 5.70. The van der Waals surface area contributed by atoms with Crippen molar-refractivity contribution in [1.82, 2.24) is 9.97 Å². The maximum Gasteiger partial charge on any atom is 0.130 e. The number of ether oxygens (including phenoxy) is 3. The summed E-state index contributed by atoms with van der Waals surface area (Å²) in [7, 11) is 3.32. The molecule has 130 valence electrons. The Bertz CT molecular complexity index is 868. The van der Waals surface area contributed by atoms with Crippen molar-refractivity contribution in [1.29, 1.82) is 0 Å². The smallest absolute Gasteiger partial charge is 0.130 e. The lowest BCUT2D eigenvalue weighted by Gasteiger charge is -2.17. The van der Waals surface area contributed by atoms with Crippen LogP contribution in [0.25, 0.3) is 22.2 Å². The molecule has 1 heterocycles. The highest BCUT2D eigenvalue weighted by Gasteiger charge is 2.18. The zero-order valence-electron chi connectivity index (χ0n) is 15.0. The Balaban J connectivity index is 2.25. The molecule has 0 aliphatic carbocycles. The van der Waals surface area contributed by atoms with Crippen molar-refractivity contribution >= 4 is 11.0 Å². The first-order valence-corrected chi connectivity index (χ1v) is 8.23. The van der Waals surface area contributed by atoms with Crippen LogP contribution in [-0.4, -0.2) is 30.8 Å².